The first kappa shape index (κ1) is 18.9. The fourth-order valence-electron chi connectivity index (χ4n) is 2.74. The summed E-state index contributed by atoms with van der Waals surface area (Å²) in [6.07, 6.45) is -1.25. The Morgan fingerprint density at radius 1 is 1.22 bits per heavy atom. The molecule has 0 radical (unpaired) electrons. The molecule has 2 aromatic rings. The number of benzene rings is 1. The number of ether oxygens (including phenoxy) is 1. The number of aromatic nitrogens is 1. The highest BCUT2D eigenvalue weighted by atomic mass is 32.2. The van der Waals surface area contributed by atoms with Crippen LogP contribution in [0.5, 0.6) is 0 Å². The predicted octanol–water partition coefficient (Wildman–Crippen LogP) is 1.69. The number of aliphatic hydroxyl groups excluding tert-OH is 1. The molecule has 27 heavy (non-hydrogen) atoms. The maximum absolute atomic E-state index is 12.9. The number of nitrogens with zero attached hydrogens (tertiary/aromatic N) is 2. The Labute approximate surface area is 157 Å². The smallest absolute Gasteiger partial charge is 0.277 e. The van der Waals surface area contributed by atoms with Gasteiger partial charge in [-0.15, -0.1) is 0 Å². The van der Waals surface area contributed by atoms with Gasteiger partial charge in [0.25, 0.3) is 15.9 Å². The number of rotatable bonds is 4. The van der Waals surface area contributed by atoms with Crippen molar-refractivity contribution in [2.45, 2.75) is 25.0 Å². The maximum Gasteiger partial charge on any atom is 0.277 e. The molecule has 0 aliphatic carbocycles. The average Bonchev–Trinajstić information content (AvgIpc) is 2.59. The number of aryl methyl sites for hydroxylation is 1. The highest BCUT2D eigenvalue weighted by Gasteiger charge is 2.39. The number of hydrogen-bond donors (Lipinski definition) is 2. The topological polar surface area (TPSA) is 109 Å². The van der Waals surface area contributed by atoms with Gasteiger partial charge < -0.3 is 15.2 Å². The van der Waals surface area contributed by atoms with Gasteiger partial charge in [-0.05, 0) is 38.1 Å². The molecule has 1 amide bonds. The van der Waals surface area contributed by atoms with Gasteiger partial charge in [-0.2, -0.15) is 0 Å². The largest absolute Gasteiger partial charge is 0.462 e. The maximum atomic E-state index is 12.9. The summed E-state index contributed by atoms with van der Waals surface area (Å²) < 4.78 is 31.9. The van der Waals surface area contributed by atoms with E-state index in [1.165, 1.54) is 26.1 Å². The molecule has 1 aliphatic rings. The Hall–Kier alpha value is -2.91. The van der Waals surface area contributed by atoms with Crippen LogP contribution in [-0.4, -0.2) is 42.1 Å². The van der Waals surface area contributed by atoms with Crippen LogP contribution in [0.15, 0.2) is 53.1 Å². The Morgan fingerprint density at radius 3 is 2.59 bits per heavy atom. The minimum atomic E-state index is -3.95. The second-order valence-corrected chi connectivity index (χ2v) is 7.92. The molecular formula is C18H19N3O5S. The first-order chi connectivity index (χ1) is 12.7. The van der Waals surface area contributed by atoms with Crippen LogP contribution in [0.1, 0.15) is 18.2 Å². The summed E-state index contributed by atoms with van der Waals surface area (Å²) in [5.41, 5.74) is 0.661. The number of hydrogen-bond acceptors (Lipinski definition) is 6. The number of pyridine rings is 1. The van der Waals surface area contributed by atoms with E-state index in [1.54, 1.807) is 37.3 Å². The molecule has 0 spiro atoms. The van der Waals surface area contributed by atoms with Crippen molar-refractivity contribution >= 4 is 27.5 Å². The van der Waals surface area contributed by atoms with E-state index in [0.29, 0.717) is 5.69 Å². The number of anilines is 1. The van der Waals surface area contributed by atoms with Gasteiger partial charge >= 0.3 is 0 Å². The fraction of sp³-hybridized carbons (Fsp3) is 0.222. The molecular weight excluding hydrogens is 370 g/mol. The van der Waals surface area contributed by atoms with Crippen molar-refractivity contribution < 1.29 is 23.1 Å². The van der Waals surface area contributed by atoms with Gasteiger partial charge in [0.2, 0.25) is 0 Å². The van der Waals surface area contributed by atoms with Gasteiger partial charge in [0.05, 0.1) is 4.90 Å². The van der Waals surface area contributed by atoms with E-state index in [4.69, 9.17) is 4.74 Å². The summed E-state index contributed by atoms with van der Waals surface area (Å²) >= 11 is 0. The third-order valence-electron chi connectivity index (χ3n) is 3.93. The molecule has 8 nitrogen and oxygen atoms in total. The third-order valence-corrected chi connectivity index (χ3v) is 5.75. The first-order valence-corrected chi connectivity index (χ1v) is 9.58. The van der Waals surface area contributed by atoms with Crippen molar-refractivity contribution in [3.8, 4) is 0 Å². The van der Waals surface area contributed by atoms with E-state index in [0.717, 1.165) is 4.31 Å². The van der Waals surface area contributed by atoms with Gasteiger partial charge in [-0.3, -0.25) is 9.10 Å². The van der Waals surface area contributed by atoms with Crippen molar-refractivity contribution in [2.24, 2.45) is 0 Å². The van der Waals surface area contributed by atoms with Crippen LogP contribution in [0, 0.1) is 6.92 Å². The number of aliphatic hydroxyl groups is 1. The summed E-state index contributed by atoms with van der Waals surface area (Å²) in [7, 11) is -2.69. The van der Waals surface area contributed by atoms with Crippen LogP contribution in [0.25, 0.3) is 5.76 Å². The normalized spacial score (nSPS) is 16.5. The van der Waals surface area contributed by atoms with E-state index in [1.807, 2.05) is 0 Å². The molecule has 3 rings (SSSR count). The van der Waals surface area contributed by atoms with Crippen LogP contribution < -0.4 is 5.32 Å². The molecule has 0 fully saturated rings. The average molecular weight is 389 g/mol. The zero-order valence-electron chi connectivity index (χ0n) is 15.0. The van der Waals surface area contributed by atoms with Crippen LogP contribution in [-0.2, 0) is 19.6 Å². The Kier molecular flexibility index (Phi) is 4.90. The Bertz CT molecular complexity index is 1030. The van der Waals surface area contributed by atoms with Gasteiger partial charge in [0.1, 0.15) is 5.82 Å². The molecule has 0 saturated heterocycles. The van der Waals surface area contributed by atoms with E-state index in [2.05, 4.69) is 10.3 Å². The van der Waals surface area contributed by atoms with Gasteiger partial charge in [0, 0.05) is 18.3 Å². The number of carbonyl (C=O) groups excluding carboxylic acids is 1. The number of carbonyl (C=O) groups is 1. The number of likely N-dealkylation sites (N-methyl/N-ethyl adjacent to an activating group) is 1. The fourth-order valence-corrected chi connectivity index (χ4v) is 4.13. The summed E-state index contributed by atoms with van der Waals surface area (Å²) in [5, 5.41) is 12.3. The standard InChI is InChI=1S/C18H19N3O5S/c1-11-7-6-10-15(19-11)20-18(23)16-17(26-12(2)22)13-8-4-5-9-14(13)27(24,25)21(16)3/h4-10,12,22H,1-3H3,(H,19,20,23). The molecule has 1 aliphatic heterocycles. The lowest BCUT2D eigenvalue weighted by molar-refractivity contribution is -0.114. The van der Waals surface area contributed by atoms with Crippen molar-refractivity contribution in [3.63, 3.8) is 0 Å². The van der Waals surface area contributed by atoms with E-state index in [-0.39, 0.29) is 27.7 Å². The predicted molar refractivity (Wildman–Crippen MR) is 98.7 cm³/mol. The summed E-state index contributed by atoms with van der Waals surface area (Å²) in [4.78, 5) is 17.1. The summed E-state index contributed by atoms with van der Waals surface area (Å²) in [6.45, 7) is 3.14. The van der Waals surface area contributed by atoms with Crippen LogP contribution in [0.3, 0.4) is 0 Å². The number of sulfonamides is 1. The van der Waals surface area contributed by atoms with Gasteiger partial charge in [0.15, 0.2) is 17.7 Å². The molecule has 9 heteroatoms. The molecule has 1 unspecified atom stereocenters. The lowest BCUT2D eigenvalue weighted by Crippen LogP contribution is -2.38. The summed E-state index contributed by atoms with van der Waals surface area (Å²) in [6, 6.07) is 11.2. The highest BCUT2D eigenvalue weighted by Crippen LogP contribution is 2.37. The Morgan fingerprint density at radius 2 is 1.93 bits per heavy atom. The van der Waals surface area contributed by atoms with Crippen LogP contribution in [0.4, 0.5) is 5.82 Å². The molecule has 2 N–H and O–H groups in total. The van der Waals surface area contributed by atoms with Crippen molar-refractivity contribution in [2.75, 3.05) is 12.4 Å². The number of nitrogens with one attached hydrogen (secondary N) is 1. The second kappa shape index (κ2) is 7.01. The number of amides is 1. The van der Waals surface area contributed by atoms with E-state index < -0.39 is 22.2 Å². The van der Waals surface area contributed by atoms with E-state index in [9.17, 15) is 18.3 Å². The molecule has 0 saturated carbocycles. The molecule has 1 aromatic heterocycles. The third kappa shape index (κ3) is 3.51. The van der Waals surface area contributed by atoms with Gasteiger partial charge in [-0.1, -0.05) is 18.2 Å². The van der Waals surface area contributed by atoms with Crippen molar-refractivity contribution in [1.82, 2.24) is 9.29 Å². The van der Waals surface area contributed by atoms with Gasteiger partial charge in [-0.25, -0.2) is 13.4 Å². The lowest BCUT2D eigenvalue weighted by Gasteiger charge is -2.30. The zero-order valence-corrected chi connectivity index (χ0v) is 15.8. The van der Waals surface area contributed by atoms with Crippen molar-refractivity contribution in [1.29, 1.82) is 0 Å². The van der Waals surface area contributed by atoms with Crippen molar-refractivity contribution in [3.05, 3.63) is 59.4 Å². The second-order valence-electron chi connectivity index (χ2n) is 5.98. The zero-order chi connectivity index (χ0) is 19.8. The minimum absolute atomic E-state index is 0.00613. The highest BCUT2D eigenvalue weighted by molar-refractivity contribution is 7.89. The van der Waals surface area contributed by atoms with Crippen LogP contribution in [0.2, 0.25) is 0 Å². The molecule has 142 valence electrons. The molecule has 2 heterocycles. The SMILES string of the molecule is Cc1cccc(NC(=O)C2=C(OC(C)O)c3ccccc3S(=O)(=O)N2C)n1. The quantitative estimate of drug-likeness (QED) is 0.770. The molecule has 1 aromatic carbocycles. The Balaban J connectivity index is 2.15. The number of fused-ring (bicyclic) bond motifs is 1. The van der Waals surface area contributed by atoms with Crippen LogP contribution >= 0.6 is 0 Å². The first-order valence-electron chi connectivity index (χ1n) is 8.14. The summed E-state index contributed by atoms with van der Waals surface area (Å²) in [5.74, 6) is -0.471. The lowest BCUT2D eigenvalue weighted by atomic mass is 10.1. The molecule has 1 atom stereocenters. The minimum Gasteiger partial charge on any atom is -0.462 e. The monoisotopic (exact) mass is 389 g/mol. The molecule has 0 bridgehead atoms. The van der Waals surface area contributed by atoms with E-state index >= 15 is 0 Å².